The fourth-order valence-corrected chi connectivity index (χ4v) is 2.32. The Balaban J connectivity index is 2.01. The fourth-order valence-electron chi connectivity index (χ4n) is 2.32. The molecule has 2 atom stereocenters. The number of ether oxygens (including phenoxy) is 1. The molecule has 1 aliphatic heterocycles. The third-order valence-electron chi connectivity index (χ3n) is 3.36. The van der Waals surface area contributed by atoms with Crippen LogP contribution in [0.25, 0.3) is 0 Å². The second-order valence-electron chi connectivity index (χ2n) is 5.01. The molecule has 1 saturated heterocycles. The molecule has 0 spiro atoms. The third kappa shape index (κ3) is 3.09. The first kappa shape index (κ1) is 12.6. The minimum Gasteiger partial charge on any atom is -0.376 e. The van der Waals surface area contributed by atoms with Gasteiger partial charge in [0.05, 0.1) is 12.1 Å². The van der Waals surface area contributed by atoms with Crippen LogP contribution < -0.4 is 5.73 Å². The first-order valence-electron chi connectivity index (χ1n) is 6.35. The summed E-state index contributed by atoms with van der Waals surface area (Å²) in [6, 6.07) is 4.19. The number of aromatic nitrogens is 1. The Morgan fingerprint density at radius 2 is 2.41 bits per heavy atom. The molecular formula is C13H23N3O. The van der Waals surface area contributed by atoms with Crippen LogP contribution in [-0.2, 0) is 11.3 Å². The molecule has 4 heteroatoms. The molecule has 0 amide bonds. The summed E-state index contributed by atoms with van der Waals surface area (Å²) in [5.74, 6) is 0. The molecule has 0 aliphatic carbocycles. The predicted molar refractivity (Wildman–Crippen MR) is 68.9 cm³/mol. The van der Waals surface area contributed by atoms with Crippen LogP contribution in [0, 0.1) is 0 Å². The van der Waals surface area contributed by atoms with Crippen LogP contribution in [0.5, 0.6) is 0 Å². The molecule has 17 heavy (non-hydrogen) atoms. The number of nitrogens with two attached hydrogens (primary N) is 1. The largest absolute Gasteiger partial charge is 0.376 e. The van der Waals surface area contributed by atoms with E-state index in [2.05, 4.69) is 41.9 Å². The molecule has 2 rings (SSSR count). The lowest BCUT2D eigenvalue weighted by molar-refractivity contribution is 0.0878. The highest BCUT2D eigenvalue weighted by Gasteiger charge is 2.25. The Kier molecular flexibility index (Phi) is 4.20. The molecule has 0 bridgehead atoms. The van der Waals surface area contributed by atoms with E-state index in [1.165, 1.54) is 5.69 Å². The minimum atomic E-state index is 0.00895. The summed E-state index contributed by atoms with van der Waals surface area (Å²) >= 11 is 0. The van der Waals surface area contributed by atoms with Crippen molar-refractivity contribution >= 4 is 0 Å². The van der Waals surface area contributed by atoms with Gasteiger partial charge < -0.3 is 19.9 Å². The van der Waals surface area contributed by atoms with E-state index in [4.69, 9.17) is 10.5 Å². The molecule has 96 valence electrons. The van der Waals surface area contributed by atoms with Crippen LogP contribution in [0.3, 0.4) is 0 Å². The highest BCUT2D eigenvalue weighted by Crippen LogP contribution is 2.25. The Labute approximate surface area is 103 Å². The van der Waals surface area contributed by atoms with Gasteiger partial charge in [-0.3, -0.25) is 0 Å². The van der Waals surface area contributed by atoms with E-state index in [-0.39, 0.29) is 12.1 Å². The van der Waals surface area contributed by atoms with E-state index in [0.29, 0.717) is 0 Å². The van der Waals surface area contributed by atoms with E-state index >= 15 is 0 Å². The topological polar surface area (TPSA) is 43.4 Å². The van der Waals surface area contributed by atoms with Crippen LogP contribution in [0.4, 0.5) is 0 Å². The lowest BCUT2D eigenvalue weighted by atomic mass is 10.1. The van der Waals surface area contributed by atoms with Gasteiger partial charge in [0, 0.05) is 31.6 Å². The second-order valence-corrected chi connectivity index (χ2v) is 5.01. The molecule has 4 nitrogen and oxygen atoms in total. The Hall–Kier alpha value is -0.840. The number of likely N-dealkylation sites (N-methyl/N-ethyl adjacent to an activating group) is 1. The van der Waals surface area contributed by atoms with Gasteiger partial charge in [-0.25, -0.2) is 0 Å². The zero-order valence-corrected chi connectivity index (χ0v) is 10.8. The van der Waals surface area contributed by atoms with E-state index in [1.54, 1.807) is 0 Å². The predicted octanol–water partition coefficient (Wildman–Crippen LogP) is 1.23. The monoisotopic (exact) mass is 237 g/mol. The van der Waals surface area contributed by atoms with E-state index in [0.717, 1.165) is 32.5 Å². The second kappa shape index (κ2) is 5.67. The van der Waals surface area contributed by atoms with Crippen molar-refractivity contribution in [2.24, 2.45) is 5.73 Å². The highest BCUT2D eigenvalue weighted by molar-refractivity contribution is 5.13. The lowest BCUT2D eigenvalue weighted by Gasteiger charge is -2.21. The van der Waals surface area contributed by atoms with Gasteiger partial charge in [-0.15, -0.1) is 0 Å². The van der Waals surface area contributed by atoms with Gasteiger partial charge in [0.25, 0.3) is 0 Å². The van der Waals surface area contributed by atoms with E-state index in [1.807, 2.05) is 0 Å². The summed E-state index contributed by atoms with van der Waals surface area (Å²) in [5.41, 5.74) is 7.49. The molecule has 0 aromatic carbocycles. The average Bonchev–Trinajstić information content (AvgIpc) is 2.96. The summed E-state index contributed by atoms with van der Waals surface area (Å²) in [7, 11) is 4.17. The third-order valence-corrected chi connectivity index (χ3v) is 3.36. The van der Waals surface area contributed by atoms with Gasteiger partial charge in [-0.1, -0.05) is 0 Å². The molecule has 2 N–H and O–H groups in total. The van der Waals surface area contributed by atoms with Gasteiger partial charge >= 0.3 is 0 Å². The summed E-state index contributed by atoms with van der Waals surface area (Å²) in [5, 5.41) is 0. The van der Waals surface area contributed by atoms with Crippen molar-refractivity contribution in [1.82, 2.24) is 9.47 Å². The van der Waals surface area contributed by atoms with Gasteiger partial charge in [-0.05, 0) is 39.1 Å². The van der Waals surface area contributed by atoms with Crippen LogP contribution in [0.15, 0.2) is 18.3 Å². The molecule has 1 aliphatic rings. The molecule has 2 unspecified atom stereocenters. The quantitative estimate of drug-likeness (QED) is 0.837. The van der Waals surface area contributed by atoms with Crippen molar-refractivity contribution in [2.75, 3.05) is 27.2 Å². The highest BCUT2D eigenvalue weighted by atomic mass is 16.5. The maximum atomic E-state index is 6.29. The number of hydrogen-bond acceptors (Lipinski definition) is 3. The normalized spacial score (nSPS) is 22.2. The van der Waals surface area contributed by atoms with Gasteiger partial charge in [-0.2, -0.15) is 0 Å². The van der Waals surface area contributed by atoms with Crippen molar-refractivity contribution in [1.29, 1.82) is 0 Å². The van der Waals surface area contributed by atoms with Crippen molar-refractivity contribution in [3.63, 3.8) is 0 Å². The molecule has 1 fully saturated rings. The molecule has 2 heterocycles. The summed E-state index contributed by atoms with van der Waals surface area (Å²) in [6.45, 7) is 2.87. The average molecular weight is 237 g/mol. The van der Waals surface area contributed by atoms with Crippen LogP contribution >= 0.6 is 0 Å². The zero-order valence-electron chi connectivity index (χ0n) is 10.8. The maximum Gasteiger partial charge on any atom is 0.0783 e. The number of hydrogen-bond donors (Lipinski definition) is 1. The maximum absolute atomic E-state index is 6.29. The van der Waals surface area contributed by atoms with Crippen molar-refractivity contribution < 1.29 is 4.74 Å². The SMILES string of the molecule is CN(C)CCn1cccc1C(N)C1CCCO1. The summed E-state index contributed by atoms with van der Waals surface area (Å²) in [6.07, 6.45) is 4.52. The van der Waals surface area contributed by atoms with Crippen LogP contribution in [-0.4, -0.2) is 42.8 Å². The van der Waals surface area contributed by atoms with E-state index in [9.17, 15) is 0 Å². The molecule has 1 aromatic heterocycles. The molecule has 0 saturated carbocycles. The molecular weight excluding hydrogens is 214 g/mol. The van der Waals surface area contributed by atoms with Crippen LogP contribution in [0.1, 0.15) is 24.6 Å². The number of rotatable bonds is 5. The zero-order chi connectivity index (χ0) is 12.3. The smallest absolute Gasteiger partial charge is 0.0783 e. The Morgan fingerprint density at radius 1 is 1.59 bits per heavy atom. The van der Waals surface area contributed by atoms with Crippen molar-refractivity contribution in [2.45, 2.75) is 31.5 Å². The lowest BCUT2D eigenvalue weighted by Crippen LogP contribution is -2.29. The minimum absolute atomic E-state index is 0.00895. The Bertz CT molecular complexity index is 342. The van der Waals surface area contributed by atoms with Gasteiger partial charge in [0.2, 0.25) is 0 Å². The first-order chi connectivity index (χ1) is 8.18. The Morgan fingerprint density at radius 3 is 3.06 bits per heavy atom. The molecule has 1 aromatic rings. The summed E-state index contributed by atoms with van der Waals surface area (Å²) in [4.78, 5) is 2.18. The van der Waals surface area contributed by atoms with Crippen molar-refractivity contribution in [3.05, 3.63) is 24.0 Å². The first-order valence-corrected chi connectivity index (χ1v) is 6.35. The van der Waals surface area contributed by atoms with Gasteiger partial charge in [0.15, 0.2) is 0 Å². The van der Waals surface area contributed by atoms with Crippen molar-refractivity contribution in [3.8, 4) is 0 Å². The standard InChI is InChI=1S/C13H23N3O/c1-15(2)8-9-16-7-3-5-11(16)13(14)12-6-4-10-17-12/h3,5,7,12-13H,4,6,8-10,14H2,1-2H3. The summed E-state index contributed by atoms with van der Waals surface area (Å²) < 4.78 is 7.91. The molecule has 0 radical (unpaired) electrons. The number of nitrogens with zero attached hydrogens (tertiary/aromatic N) is 2. The van der Waals surface area contributed by atoms with Gasteiger partial charge in [0.1, 0.15) is 0 Å². The van der Waals surface area contributed by atoms with E-state index < -0.39 is 0 Å². The fraction of sp³-hybridized carbons (Fsp3) is 0.692. The van der Waals surface area contributed by atoms with Crippen LogP contribution in [0.2, 0.25) is 0 Å².